The molecular weight excluding hydrogens is 462 g/mol. The highest BCUT2D eigenvalue weighted by molar-refractivity contribution is 5.50. The van der Waals surface area contributed by atoms with Crippen molar-refractivity contribution in [1.29, 1.82) is 0 Å². The van der Waals surface area contributed by atoms with Gasteiger partial charge in [-0.05, 0) is 71.5 Å². The molecule has 0 aliphatic carbocycles. The highest BCUT2D eigenvalue weighted by Crippen LogP contribution is 2.38. The largest absolute Gasteiger partial charge is 0.493 e. The number of benzene rings is 4. The molecule has 4 aromatic carbocycles. The van der Waals surface area contributed by atoms with E-state index in [4.69, 9.17) is 18.9 Å². The van der Waals surface area contributed by atoms with Crippen LogP contribution in [0.4, 0.5) is 0 Å². The van der Waals surface area contributed by atoms with Gasteiger partial charge in [0.25, 0.3) is 0 Å². The summed E-state index contributed by atoms with van der Waals surface area (Å²) in [4.78, 5) is 0. The second-order valence-corrected chi connectivity index (χ2v) is 9.20. The first-order valence-electron chi connectivity index (χ1n) is 12.7. The second kappa shape index (κ2) is 11.8. The van der Waals surface area contributed by atoms with Crippen molar-refractivity contribution >= 4 is 0 Å². The first kappa shape index (κ1) is 24.7. The Hall–Kier alpha value is -3.96. The topological polar surface area (TPSA) is 49.0 Å². The molecule has 1 atom stereocenters. The van der Waals surface area contributed by atoms with E-state index in [2.05, 4.69) is 53.8 Å². The smallest absolute Gasteiger partial charge is 0.162 e. The Morgan fingerprint density at radius 3 is 1.92 bits per heavy atom. The molecule has 0 saturated heterocycles. The Kier molecular flexibility index (Phi) is 7.92. The standard InChI is InChI=1S/C32H33NO4/c1-34-30-18-25(13-14-29(30)36-21-23-9-5-3-6-10-23)17-28-27-20-32(37-22-24-11-7-4-8-12-24)31(35-2)19-26(27)15-16-33-28/h3-14,18-20,28,33H,15-17,21-22H2,1-2H3. The third-order valence-corrected chi connectivity index (χ3v) is 6.73. The van der Waals surface area contributed by atoms with Gasteiger partial charge in [0.15, 0.2) is 23.0 Å². The Labute approximate surface area is 219 Å². The number of hydrogen-bond acceptors (Lipinski definition) is 5. The molecule has 190 valence electrons. The van der Waals surface area contributed by atoms with Gasteiger partial charge in [0.1, 0.15) is 13.2 Å². The monoisotopic (exact) mass is 495 g/mol. The number of ether oxygens (including phenoxy) is 4. The van der Waals surface area contributed by atoms with E-state index in [9.17, 15) is 0 Å². The van der Waals surface area contributed by atoms with Gasteiger partial charge >= 0.3 is 0 Å². The molecule has 1 N–H and O–H groups in total. The van der Waals surface area contributed by atoms with Crippen LogP contribution < -0.4 is 24.3 Å². The lowest BCUT2D eigenvalue weighted by molar-refractivity contribution is 0.283. The summed E-state index contributed by atoms with van der Waals surface area (Å²) >= 11 is 0. The van der Waals surface area contributed by atoms with E-state index in [-0.39, 0.29) is 6.04 Å². The molecule has 5 heteroatoms. The average Bonchev–Trinajstić information content (AvgIpc) is 2.96. The minimum absolute atomic E-state index is 0.162. The molecule has 0 amide bonds. The number of fused-ring (bicyclic) bond motifs is 1. The lowest BCUT2D eigenvalue weighted by Gasteiger charge is -2.28. The summed E-state index contributed by atoms with van der Waals surface area (Å²) in [5.74, 6) is 3.03. The number of methoxy groups -OCH3 is 2. The third kappa shape index (κ3) is 6.07. The third-order valence-electron chi connectivity index (χ3n) is 6.73. The highest BCUT2D eigenvalue weighted by Gasteiger charge is 2.23. The predicted octanol–water partition coefficient (Wildman–Crippen LogP) is 6.29. The molecule has 37 heavy (non-hydrogen) atoms. The molecule has 0 spiro atoms. The molecule has 0 radical (unpaired) electrons. The van der Waals surface area contributed by atoms with E-state index in [1.807, 2.05) is 42.5 Å². The average molecular weight is 496 g/mol. The molecule has 5 rings (SSSR count). The van der Waals surface area contributed by atoms with Gasteiger partial charge in [-0.25, -0.2) is 0 Å². The summed E-state index contributed by atoms with van der Waals surface area (Å²) in [7, 11) is 3.38. The zero-order valence-corrected chi connectivity index (χ0v) is 21.4. The molecular formula is C32H33NO4. The second-order valence-electron chi connectivity index (χ2n) is 9.20. The van der Waals surface area contributed by atoms with Gasteiger partial charge in [-0.3, -0.25) is 0 Å². The fraction of sp³-hybridized carbons (Fsp3) is 0.250. The molecule has 0 saturated carbocycles. The molecule has 1 aliphatic rings. The van der Waals surface area contributed by atoms with E-state index in [0.717, 1.165) is 53.5 Å². The van der Waals surface area contributed by atoms with Crippen LogP contribution in [0.5, 0.6) is 23.0 Å². The van der Waals surface area contributed by atoms with E-state index in [1.54, 1.807) is 14.2 Å². The van der Waals surface area contributed by atoms with Crippen LogP contribution in [-0.4, -0.2) is 20.8 Å². The van der Waals surface area contributed by atoms with Crippen LogP contribution >= 0.6 is 0 Å². The maximum Gasteiger partial charge on any atom is 0.162 e. The van der Waals surface area contributed by atoms with Crippen molar-refractivity contribution in [2.45, 2.75) is 32.1 Å². The minimum Gasteiger partial charge on any atom is -0.493 e. The van der Waals surface area contributed by atoms with Crippen LogP contribution in [0.2, 0.25) is 0 Å². The SMILES string of the molecule is COc1cc(CC2NCCc3cc(OC)c(OCc4ccccc4)cc32)ccc1OCc1ccccc1. The van der Waals surface area contributed by atoms with E-state index >= 15 is 0 Å². The zero-order valence-electron chi connectivity index (χ0n) is 21.4. The highest BCUT2D eigenvalue weighted by atomic mass is 16.5. The van der Waals surface area contributed by atoms with Crippen molar-refractivity contribution in [2.24, 2.45) is 0 Å². The first-order valence-corrected chi connectivity index (χ1v) is 12.7. The molecule has 1 aliphatic heterocycles. The molecule has 0 bridgehead atoms. The van der Waals surface area contributed by atoms with Crippen LogP contribution in [0, 0.1) is 0 Å². The lowest BCUT2D eigenvalue weighted by Crippen LogP contribution is -2.31. The first-order chi connectivity index (χ1) is 18.2. The van der Waals surface area contributed by atoms with Crippen LogP contribution in [-0.2, 0) is 26.1 Å². The molecule has 5 nitrogen and oxygen atoms in total. The van der Waals surface area contributed by atoms with Crippen molar-refractivity contribution in [1.82, 2.24) is 5.32 Å². The summed E-state index contributed by atoms with van der Waals surface area (Å²) in [6, 6.07) is 31.0. The maximum atomic E-state index is 6.21. The molecule has 1 heterocycles. The van der Waals surface area contributed by atoms with E-state index < -0.39 is 0 Å². The zero-order chi connectivity index (χ0) is 25.5. The van der Waals surface area contributed by atoms with Gasteiger partial charge in [-0.15, -0.1) is 0 Å². The molecule has 0 fully saturated rings. The summed E-state index contributed by atoms with van der Waals surface area (Å²) < 4.78 is 23.6. The Morgan fingerprint density at radius 1 is 0.649 bits per heavy atom. The summed E-state index contributed by atoms with van der Waals surface area (Å²) in [5, 5.41) is 3.69. The van der Waals surface area contributed by atoms with Crippen molar-refractivity contribution in [3.05, 3.63) is 119 Å². The van der Waals surface area contributed by atoms with Crippen molar-refractivity contribution in [3.8, 4) is 23.0 Å². The molecule has 1 unspecified atom stereocenters. The Morgan fingerprint density at radius 2 is 1.27 bits per heavy atom. The van der Waals surface area contributed by atoms with Gasteiger partial charge < -0.3 is 24.3 Å². The van der Waals surface area contributed by atoms with Gasteiger partial charge in [-0.2, -0.15) is 0 Å². The molecule has 4 aromatic rings. The minimum atomic E-state index is 0.162. The summed E-state index contributed by atoms with van der Waals surface area (Å²) in [6.07, 6.45) is 1.78. The fourth-order valence-corrected chi connectivity index (χ4v) is 4.77. The van der Waals surface area contributed by atoms with Crippen LogP contribution in [0.3, 0.4) is 0 Å². The normalized spacial score (nSPS) is 14.5. The summed E-state index contributed by atoms with van der Waals surface area (Å²) in [6.45, 7) is 1.91. The fourth-order valence-electron chi connectivity index (χ4n) is 4.77. The van der Waals surface area contributed by atoms with Gasteiger partial charge in [0.05, 0.1) is 14.2 Å². The van der Waals surface area contributed by atoms with Crippen LogP contribution in [0.15, 0.2) is 91.0 Å². The van der Waals surface area contributed by atoms with Crippen molar-refractivity contribution in [2.75, 3.05) is 20.8 Å². The van der Waals surface area contributed by atoms with E-state index in [1.165, 1.54) is 16.7 Å². The van der Waals surface area contributed by atoms with Crippen molar-refractivity contribution in [3.63, 3.8) is 0 Å². The predicted molar refractivity (Wildman–Crippen MR) is 146 cm³/mol. The van der Waals surface area contributed by atoms with Crippen molar-refractivity contribution < 1.29 is 18.9 Å². The van der Waals surface area contributed by atoms with Gasteiger partial charge in [-0.1, -0.05) is 66.7 Å². The van der Waals surface area contributed by atoms with E-state index in [0.29, 0.717) is 13.2 Å². The van der Waals surface area contributed by atoms with Gasteiger partial charge in [0, 0.05) is 6.04 Å². The number of rotatable bonds is 10. The lowest BCUT2D eigenvalue weighted by atomic mass is 9.89. The molecule has 0 aromatic heterocycles. The van der Waals surface area contributed by atoms with Crippen LogP contribution in [0.25, 0.3) is 0 Å². The summed E-state index contributed by atoms with van der Waals surface area (Å²) in [5.41, 5.74) is 5.97. The van der Waals surface area contributed by atoms with Gasteiger partial charge in [0.2, 0.25) is 0 Å². The Bertz CT molecular complexity index is 1310. The quantitative estimate of drug-likeness (QED) is 0.280. The van der Waals surface area contributed by atoms with Crippen LogP contribution in [0.1, 0.15) is 33.9 Å². The number of nitrogens with one attached hydrogen (secondary N) is 1. The number of hydrogen-bond donors (Lipinski definition) is 1. The Balaban J connectivity index is 1.33. The maximum absolute atomic E-state index is 6.21.